The van der Waals surface area contributed by atoms with Gasteiger partial charge in [0.2, 0.25) is 0 Å². The first kappa shape index (κ1) is 29.5. The Balaban J connectivity index is 2.45. The summed E-state index contributed by atoms with van der Waals surface area (Å²) in [7, 11) is 0. The minimum absolute atomic E-state index is 0.0550. The number of ether oxygens (including phenoxy) is 2. The highest BCUT2D eigenvalue weighted by Gasteiger charge is 2.33. The molecule has 7 nitrogen and oxygen atoms in total. The lowest BCUT2D eigenvalue weighted by Gasteiger charge is -2.21. The summed E-state index contributed by atoms with van der Waals surface area (Å²) >= 11 is 0. The largest absolute Gasteiger partial charge is 0.462 e. The third kappa shape index (κ3) is 7.65. The van der Waals surface area contributed by atoms with Gasteiger partial charge in [0.25, 0.3) is 0 Å². The minimum atomic E-state index is -0.774. The number of ketones is 2. The summed E-state index contributed by atoms with van der Waals surface area (Å²) in [6.07, 6.45) is 8.28. The number of fused-ring (bicyclic) bond motifs is 2. The van der Waals surface area contributed by atoms with E-state index in [1.807, 2.05) is 13.8 Å². The maximum Gasteiger partial charge on any atom is 0.339 e. The quantitative estimate of drug-likeness (QED) is 0.227. The van der Waals surface area contributed by atoms with Gasteiger partial charge in [0.1, 0.15) is 0 Å². The van der Waals surface area contributed by atoms with Crippen molar-refractivity contribution in [3.05, 3.63) is 28.3 Å². The molecule has 1 aliphatic carbocycles. The number of unbranched alkanes of at least 4 members (excludes halogenated alkanes) is 2. The number of anilines is 1. The molecular weight excluding hydrogens is 458 g/mol. The lowest BCUT2D eigenvalue weighted by Crippen LogP contribution is -2.25. The van der Waals surface area contributed by atoms with E-state index in [0.717, 1.165) is 51.4 Å². The molecule has 2 N–H and O–H groups in total. The van der Waals surface area contributed by atoms with Gasteiger partial charge in [0, 0.05) is 18.4 Å². The Hall–Kier alpha value is -2.70. The van der Waals surface area contributed by atoms with Crippen LogP contribution in [0.5, 0.6) is 0 Å². The molecule has 7 heteroatoms. The zero-order valence-corrected chi connectivity index (χ0v) is 22.5. The Labute approximate surface area is 215 Å². The Morgan fingerprint density at radius 2 is 1.39 bits per heavy atom. The van der Waals surface area contributed by atoms with Gasteiger partial charge >= 0.3 is 11.9 Å². The van der Waals surface area contributed by atoms with Gasteiger partial charge in [-0.15, -0.1) is 0 Å². The number of hydrogen-bond donors (Lipinski definition) is 1. The first-order valence-electron chi connectivity index (χ1n) is 13.7. The predicted octanol–water partition coefficient (Wildman–Crippen LogP) is 6.56. The van der Waals surface area contributed by atoms with Gasteiger partial charge in [-0.05, 0) is 37.2 Å². The molecule has 200 valence electrons. The summed E-state index contributed by atoms with van der Waals surface area (Å²) < 4.78 is 11.3. The number of nitrogen functional groups attached to an aromatic ring is 1. The Morgan fingerprint density at radius 1 is 0.861 bits per heavy atom. The molecule has 0 heterocycles. The van der Waals surface area contributed by atoms with Crippen LogP contribution in [0.1, 0.15) is 140 Å². The molecule has 0 radical (unpaired) electrons. The van der Waals surface area contributed by atoms with E-state index in [4.69, 9.17) is 15.2 Å². The van der Waals surface area contributed by atoms with Crippen molar-refractivity contribution >= 4 is 29.2 Å². The second-order valence-corrected chi connectivity index (χ2v) is 9.87. The maximum atomic E-state index is 13.4. The standard InChI is InChI=1S/C29H43NO6/c1-5-9-12-19(7-3)17-35-28(33)22-16-21-23(31)14-11-15-24(32)26(27(21)30)25(22)29(34)36-18-20(8-4)13-10-6-2/h16,19-20H,5-15,17-18,30H2,1-4H3. The topological polar surface area (TPSA) is 113 Å². The van der Waals surface area contributed by atoms with Crippen LogP contribution in [0, 0.1) is 11.8 Å². The summed E-state index contributed by atoms with van der Waals surface area (Å²) in [6.45, 7) is 8.69. The van der Waals surface area contributed by atoms with Gasteiger partial charge in [0.05, 0.1) is 35.6 Å². The van der Waals surface area contributed by atoms with E-state index < -0.39 is 11.9 Å². The molecular formula is C29H43NO6. The van der Waals surface area contributed by atoms with E-state index in [2.05, 4.69) is 13.8 Å². The highest BCUT2D eigenvalue weighted by Crippen LogP contribution is 2.32. The van der Waals surface area contributed by atoms with Gasteiger partial charge in [-0.25, -0.2) is 9.59 Å². The zero-order valence-electron chi connectivity index (χ0n) is 22.5. The molecule has 1 aliphatic rings. The number of rotatable bonds is 14. The van der Waals surface area contributed by atoms with Crippen molar-refractivity contribution in [1.29, 1.82) is 0 Å². The molecule has 1 aromatic rings. The third-order valence-electron chi connectivity index (χ3n) is 7.17. The fourth-order valence-electron chi connectivity index (χ4n) is 4.59. The van der Waals surface area contributed by atoms with E-state index in [1.165, 1.54) is 6.07 Å². The van der Waals surface area contributed by atoms with Crippen molar-refractivity contribution < 1.29 is 28.7 Å². The van der Waals surface area contributed by atoms with Crippen LogP contribution in [0.3, 0.4) is 0 Å². The molecule has 0 amide bonds. The monoisotopic (exact) mass is 501 g/mol. The Morgan fingerprint density at radius 3 is 1.92 bits per heavy atom. The number of hydrogen-bond acceptors (Lipinski definition) is 7. The van der Waals surface area contributed by atoms with E-state index in [1.54, 1.807) is 0 Å². The highest BCUT2D eigenvalue weighted by molar-refractivity contribution is 6.19. The van der Waals surface area contributed by atoms with Crippen LogP contribution in [0.2, 0.25) is 0 Å². The molecule has 0 saturated carbocycles. The Bertz CT molecular complexity index is 938. The van der Waals surface area contributed by atoms with Crippen molar-refractivity contribution in [2.75, 3.05) is 18.9 Å². The molecule has 2 bridgehead atoms. The van der Waals surface area contributed by atoms with Gasteiger partial charge in [-0.2, -0.15) is 0 Å². The molecule has 2 rings (SSSR count). The highest BCUT2D eigenvalue weighted by atomic mass is 16.5. The molecule has 36 heavy (non-hydrogen) atoms. The van der Waals surface area contributed by atoms with Gasteiger partial charge in [0.15, 0.2) is 11.6 Å². The number of Topliss-reactive ketones (excluding diaryl/α,β-unsaturated/α-hetero) is 2. The van der Waals surface area contributed by atoms with Crippen LogP contribution in [-0.4, -0.2) is 36.7 Å². The number of benzene rings is 1. The minimum Gasteiger partial charge on any atom is -0.462 e. The summed E-state index contributed by atoms with van der Waals surface area (Å²) in [6, 6.07) is 1.32. The Kier molecular flexibility index (Phi) is 12.1. The second-order valence-electron chi connectivity index (χ2n) is 9.87. The number of nitrogens with two attached hydrogens (primary N) is 1. The van der Waals surface area contributed by atoms with Crippen LogP contribution in [-0.2, 0) is 9.47 Å². The van der Waals surface area contributed by atoms with Crippen molar-refractivity contribution in [2.45, 2.75) is 98.3 Å². The van der Waals surface area contributed by atoms with Crippen LogP contribution >= 0.6 is 0 Å². The summed E-state index contributed by atoms with van der Waals surface area (Å²) in [5.41, 5.74) is 5.91. The van der Waals surface area contributed by atoms with E-state index in [9.17, 15) is 19.2 Å². The van der Waals surface area contributed by atoms with Crippen molar-refractivity contribution in [3.8, 4) is 0 Å². The molecule has 0 saturated heterocycles. The van der Waals surface area contributed by atoms with Crippen molar-refractivity contribution in [2.24, 2.45) is 11.8 Å². The lowest BCUT2D eigenvalue weighted by molar-refractivity contribution is 0.0380. The SMILES string of the molecule is CCCCC(CC)COC(=O)c1cc2c(N)c(c1C(=O)OCC(CC)CCCC)C(=O)CCCC2=O. The fourth-order valence-corrected chi connectivity index (χ4v) is 4.59. The second kappa shape index (κ2) is 14.8. The normalized spacial score (nSPS) is 15.1. The van der Waals surface area contributed by atoms with Crippen LogP contribution < -0.4 is 5.73 Å². The maximum absolute atomic E-state index is 13.4. The van der Waals surface area contributed by atoms with E-state index >= 15 is 0 Å². The molecule has 0 aromatic heterocycles. The van der Waals surface area contributed by atoms with Gasteiger partial charge < -0.3 is 15.2 Å². The summed E-state index contributed by atoms with van der Waals surface area (Å²) in [5, 5.41) is 0. The van der Waals surface area contributed by atoms with Crippen LogP contribution in [0.4, 0.5) is 5.69 Å². The summed E-state index contributed by atoms with van der Waals surface area (Å²) in [5.74, 6) is -1.75. The zero-order chi connectivity index (χ0) is 26.7. The average Bonchev–Trinajstić information content (AvgIpc) is 2.87. The van der Waals surface area contributed by atoms with E-state index in [-0.39, 0.29) is 77.4 Å². The smallest absolute Gasteiger partial charge is 0.339 e. The molecule has 0 spiro atoms. The predicted molar refractivity (Wildman–Crippen MR) is 141 cm³/mol. The van der Waals surface area contributed by atoms with Gasteiger partial charge in [-0.1, -0.05) is 66.2 Å². The lowest BCUT2D eigenvalue weighted by atomic mass is 9.86. The first-order chi connectivity index (χ1) is 17.3. The molecule has 0 fully saturated rings. The van der Waals surface area contributed by atoms with Crippen molar-refractivity contribution in [1.82, 2.24) is 0 Å². The number of esters is 2. The number of carbonyl (C=O) groups is 4. The molecule has 2 atom stereocenters. The first-order valence-corrected chi connectivity index (χ1v) is 13.7. The molecule has 0 aliphatic heterocycles. The average molecular weight is 502 g/mol. The molecule has 1 aromatic carbocycles. The van der Waals surface area contributed by atoms with Crippen LogP contribution in [0.25, 0.3) is 0 Å². The summed E-state index contributed by atoms with van der Waals surface area (Å²) in [4.78, 5) is 52.5. The number of carbonyl (C=O) groups excluding carboxylic acids is 4. The van der Waals surface area contributed by atoms with E-state index in [0.29, 0.717) is 6.42 Å². The third-order valence-corrected chi connectivity index (χ3v) is 7.17. The fraction of sp³-hybridized carbons (Fsp3) is 0.655. The van der Waals surface area contributed by atoms with Gasteiger partial charge in [-0.3, -0.25) is 9.59 Å². The molecule has 2 unspecified atom stereocenters. The van der Waals surface area contributed by atoms with Crippen LogP contribution in [0.15, 0.2) is 6.07 Å². The van der Waals surface area contributed by atoms with Crippen molar-refractivity contribution in [3.63, 3.8) is 0 Å².